The molecule has 2 saturated heterocycles. The molecule has 0 aliphatic carbocycles. The molecule has 2 aliphatic rings. The number of carbonyl (C=O) groups is 3. The molecule has 0 radical (unpaired) electrons. The average molecular weight is 332 g/mol. The maximum absolute atomic E-state index is 12.1. The quantitative estimate of drug-likeness (QED) is 0.694. The van der Waals surface area contributed by atoms with Crippen LogP contribution in [0.15, 0.2) is 24.3 Å². The van der Waals surface area contributed by atoms with Gasteiger partial charge in [0.05, 0.1) is 19.1 Å². The highest BCUT2D eigenvalue weighted by Crippen LogP contribution is 2.24. The average Bonchev–Trinajstić information content (AvgIpc) is 2.78. The number of aryl methyl sites for hydroxylation is 1. The third-order valence-corrected chi connectivity index (χ3v) is 4.08. The van der Waals surface area contributed by atoms with Crippen LogP contribution in [0.5, 0.6) is 5.75 Å². The number of hydrogen-bond acceptors (Lipinski definition) is 4. The van der Waals surface area contributed by atoms with Crippen LogP contribution in [0.4, 0.5) is 9.59 Å². The van der Waals surface area contributed by atoms with E-state index in [9.17, 15) is 14.4 Å². The first-order valence-electron chi connectivity index (χ1n) is 7.76. The SMILES string of the molecule is Cc1cccc(OCC(C)NC(=O)N2CC3(C2)NC(=O)NC3=O)c1. The number of imide groups is 1. The van der Waals surface area contributed by atoms with Gasteiger partial charge in [0.15, 0.2) is 5.54 Å². The summed E-state index contributed by atoms with van der Waals surface area (Å²) in [6.07, 6.45) is 0. The highest BCUT2D eigenvalue weighted by molar-refractivity contribution is 6.08. The lowest BCUT2D eigenvalue weighted by Crippen LogP contribution is -2.73. The van der Waals surface area contributed by atoms with E-state index in [0.717, 1.165) is 11.3 Å². The van der Waals surface area contributed by atoms with E-state index in [4.69, 9.17) is 4.74 Å². The van der Waals surface area contributed by atoms with Gasteiger partial charge in [-0.25, -0.2) is 9.59 Å². The van der Waals surface area contributed by atoms with E-state index in [0.29, 0.717) is 6.61 Å². The number of rotatable bonds is 4. The molecule has 2 heterocycles. The van der Waals surface area contributed by atoms with Gasteiger partial charge in [-0.2, -0.15) is 0 Å². The molecule has 1 unspecified atom stereocenters. The summed E-state index contributed by atoms with van der Waals surface area (Å²) in [4.78, 5) is 36.5. The van der Waals surface area contributed by atoms with Crippen molar-refractivity contribution in [2.24, 2.45) is 0 Å². The molecule has 5 amide bonds. The van der Waals surface area contributed by atoms with Crippen molar-refractivity contribution >= 4 is 18.0 Å². The van der Waals surface area contributed by atoms with Gasteiger partial charge in [-0.15, -0.1) is 0 Å². The van der Waals surface area contributed by atoms with Crippen LogP contribution in [0.2, 0.25) is 0 Å². The van der Waals surface area contributed by atoms with Crippen molar-refractivity contribution < 1.29 is 19.1 Å². The summed E-state index contributed by atoms with van der Waals surface area (Å²) in [6, 6.07) is 6.69. The number of benzene rings is 1. The van der Waals surface area contributed by atoms with Crippen LogP contribution in [-0.2, 0) is 4.79 Å². The van der Waals surface area contributed by atoms with Gasteiger partial charge in [-0.1, -0.05) is 12.1 Å². The van der Waals surface area contributed by atoms with Gasteiger partial charge in [0.25, 0.3) is 5.91 Å². The third-order valence-electron chi connectivity index (χ3n) is 4.08. The number of nitrogens with one attached hydrogen (secondary N) is 3. The Morgan fingerprint density at radius 1 is 1.42 bits per heavy atom. The molecular formula is C16H20N4O4. The smallest absolute Gasteiger partial charge is 0.322 e. The van der Waals surface area contributed by atoms with Crippen molar-refractivity contribution in [3.63, 3.8) is 0 Å². The van der Waals surface area contributed by atoms with Crippen molar-refractivity contribution in [1.29, 1.82) is 0 Å². The van der Waals surface area contributed by atoms with Crippen LogP contribution < -0.4 is 20.7 Å². The van der Waals surface area contributed by atoms with Gasteiger partial charge in [0, 0.05) is 0 Å². The second-order valence-corrected chi connectivity index (χ2v) is 6.32. The number of nitrogens with zero attached hydrogens (tertiary/aromatic N) is 1. The molecule has 3 rings (SSSR count). The molecule has 0 bridgehead atoms. The van der Waals surface area contributed by atoms with E-state index < -0.39 is 11.6 Å². The number of ether oxygens (including phenoxy) is 1. The van der Waals surface area contributed by atoms with E-state index in [-0.39, 0.29) is 31.1 Å². The van der Waals surface area contributed by atoms with Gasteiger partial charge < -0.3 is 20.3 Å². The zero-order valence-corrected chi connectivity index (χ0v) is 13.6. The largest absolute Gasteiger partial charge is 0.491 e. The number of likely N-dealkylation sites (tertiary alicyclic amines) is 1. The van der Waals surface area contributed by atoms with E-state index >= 15 is 0 Å². The first-order chi connectivity index (χ1) is 11.4. The Labute approximate surface area is 139 Å². The summed E-state index contributed by atoms with van der Waals surface area (Å²) < 4.78 is 5.65. The molecule has 8 nitrogen and oxygen atoms in total. The fourth-order valence-electron chi connectivity index (χ4n) is 2.77. The minimum atomic E-state index is -0.963. The summed E-state index contributed by atoms with van der Waals surface area (Å²) in [5.41, 5.74) is 0.141. The summed E-state index contributed by atoms with van der Waals surface area (Å²) in [5.74, 6) is 0.372. The first-order valence-corrected chi connectivity index (χ1v) is 7.76. The van der Waals surface area contributed by atoms with Crippen molar-refractivity contribution in [3.05, 3.63) is 29.8 Å². The van der Waals surface area contributed by atoms with Crippen molar-refractivity contribution in [2.75, 3.05) is 19.7 Å². The number of urea groups is 2. The second-order valence-electron chi connectivity index (χ2n) is 6.32. The molecule has 0 aromatic heterocycles. The Kier molecular flexibility index (Phi) is 4.04. The minimum absolute atomic E-state index is 0.169. The molecule has 24 heavy (non-hydrogen) atoms. The minimum Gasteiger partial charge on any atom is -0.491 e. The predicted molar refractivity (Wildman–Crippen MR) is 85.6 cm³/mol. The normalized spacial score (nSPS) is 19.3. The Morgan fingerprint density at radius 2 is 2.17 bits per heavy atom. The highest BCUT2D eigenvalue weighted by Gasteiger charge is 2.56. The summed E-state index contributed by atoms with van der Waals surface area (Å²) in [6.45, 7) is 4.50. The lowest BCUT2D eigenvalue weighted by Gasteiger charge is -2.45. The van der Waals surface area contributed by atoms with E-state index in [1.165, 1.54) is 4.90 Å². The molecule has 8 heteroatoms. The summed E-state index contributed by atoms with van der Waals surface area (Å²) in [5, 5.41) is 7.56. The first kappa shape index (κ1) is 16.1. The van der Waals surface area contributed by atoms with E-state index in [1.807, 2.05) is 38.1 Å². The van der Waals surface area contributed by atoms with Crippen molar-refractivity contribution in [3.8, 4) is 5.75 Å². The number of carbonyl (C=O) groups excluding carboxylic acids is 3. The van der Waals surface area contributed by atoms with Crippen LogP contribution in [0.1, 0.15) is 12.5 Å². The highest BCUT2D eigenvalue weighted by atomic mass is 16.5. The monoisotopic (exact) mass is 332 g/mol. The lowest BCUT2D eigenvalue weighted by molar-refractivity contribution is -0.128. The van der Waals surface area contributed by atoms with Crippen LogP contribution in [-0.4, -0.2) is 54.1 Å². The van der Waals surface area contributed by atoms with Crippen molar-refractivity contribution in [2.45, 2.75) is 25.4 Å². The van der Waals surface area contributed by atoms with Crippen LogP contribution in [0.25, 0.3) is 0 Å². The Bertz CT molecular complexity index is 684. The number of hydrogen-bond donors (Lipinski definition) is 3. The standard InChI is InChI=1S/C16H20N4O4/c1-10-4-3-5-12(6-10)24-7-11(2)17-15(23)20-8-16(9-20)13(21)18-14(22)19-16/h3-6,11H,7-9H2,1-2H3,(H,17,23)(H2,18,19,21,22). The summed E-state index contributed by atoms with van der Waals surface area (Å²) >= 11 is 0. The molecule has 0 saturated carbocycles. The lowest BCUT2D eigenvalue weighted by atomic mass is 9.90. The van der Waals surface area contributed by atoms with E-state index in [1.54, 1.807) is 0 Å². The van der Waals surface area contributed by atoms with Crippen LogP contribution >= 0.6 is 0 Å². The maximum atomic E-state index is 12.1. The third kappa shape index (κ3) is 3.12. The molecule has 2 aliphatic heterocycles. The van der Waals surface area contributed by atoms with Crippen LogP contribution in [0.3, 0.4) is 0 Å². The van der Waals surface area contributed by atoms with Gasteiger partial charge >= 0.3 is 12.1 Å². The predicted octanol–water partition coefficient (Wildman–Crippen LogP) is 0.366. The molecular weight excluding hydrogens is 312 g/mol. The fraction of sp³-hybridized carbons (Fsp3) is 0.438. The van der Waals surface area contributed by atoms with Crippen molar-refractivity contribution in [1.82, 2.24) is 20.9 Å². The Morgan fingerprint density at radius 3 is 2.79 bits per heavy atom. The van der Waals surface area contributed by atoms with Gasteiger partial charge in [-0.05, 0) is 31.5 Å². The second kappa shape index (κ2) is 6.03. The van der Waals surface area contributed by atoms with E-state index in [2.05, 4.69) is 16.0 Å². The van der Waals surface area contributed by atoms with Gasteiger partial charge in [0.1, 0.15) is 12.4 Å². The fourth-order valence-corrected chi connectivity index (χ4v) is 2.77. The zero-order valence-electron chi connectivity index (χ0n) is 13.6. The molecule has 1 spiro atoms. The van der Waals surface area contributed by atoms with Gasteiger partial charge in [-0.3, -0.25) is 10.1 Å². The molecule has 1 aromatic carbocycles. The van der Waals surface area contributed by atoms with Gasteiger partial charge in [0.2, 0.25) is 0 Å². The Balaban J connectivity index is 1.44. The van der Waals surface area contributed by atoms with Crippen LogP contribution in [0, 0.1) is 6.92 Å². The number of amides is 5. The molecule has 1 atom stereocenters. The molecule has 128 valence electrons. The summed E-state index contributed by atoms with van der Waals surface area (Å²) in [7, 11) is 0. The maximum Gasteiger partial charge on any atom is 0.322 e. The molecule has 3 N–H and O–H groups in total. The Hall–Kier alpha value is -2.77. The molecule has 1 aromatic rings. The zero-order chi connectivity index (χ0) is 17.3. The topological polar surface area (TPSA) is 99.8 Å². The molecule has 2 fully saturated rings.